The van der Waals surface area contributed by atoms with Gasteiger partial charge in [-0.2, -0.15) is 0 Å². The second kappa shape index (κ2) is 8.17. The zero-order chi connectivity index (χ0) is 15.8. The van der Waals surface area contributed by atoms with Gasteiger partial charge < -0.3 is 10.6 Å². The highest BCUT2D eigenvalue weighted by Gasteiger charge is 2.25. The lowest BCUT2D eigenvalue weighted by molar-refractivity contribution is -0.123. The highest BCUT2D eigenvalue weighted by molar-refractivity contribution is 5.98. The molecule has 2 rings (SSSR count). The molecule has 1 fully saturated rings. The maximum atomic E-state index is 12.0. The molecule has 0 bridgehead atoms. The van der Waals surface area contributed by atoms with Crippen molar-refractivity contribution in [3.8, 4) is 0 Å². The van der Waals surface area contributed by atoms with Crippen molar-refractivity contribution in [3.05, 3.63) is 35.9 Å². The quantitative estimate of drug-likeness (QED) is 0.688. The van der Waals surface area contributed by atoms with Crippen LogP contribution in [0.1, 0.15) is 31.2 Å². The Bertz CT molecular complexity index is 531. The number of urea groups is 1. The number of aryl methyl sites for hydroxylation is 1. The van der Waals surface area contributed by atoms with E-state index in [1.54, 1.807) is 0 Å². The number of nitrogens with one attached hydrogen (secondary N) is 3. The van der Waals surface area contributed by atoms with Crippen LogP contribution in [0.3, 0.4) is 0 Å². The first-order valence-corrected chi connectivity index (χ1v) is 7.57. The van der Waals surface area contributed by atoms with Crippen molar-refractivity contribution < 1.29 is 14.4 Å². The molecule has 0 radical (unpaired) electrons. The van der Waals surface area contributed by atoms with E-state index >= 15 is 0 Å². The zero-order valence-corrected chi connectivity index (χ0v) is 12.4. The Morgan fingerprint density at radius 2 is 1.95 bits per heavy atom. The smallest absolute Gasteiger partial charge is 0.322 e. The largest absolute Gasteiger partial charge is 0.354 e. The lowest BCUT2D eigenvalue weighted by Crippen LogP contribution is -2.48. The number of hydrogen-bond donors (Lipinski definition) is 3. The van der Waals surface area contributed by atoms with Crippen molar-refractivity contribution in [1.82, 2.24) is 16.0 Å². The van der Waals surface area contributed by atoms with E-state index in [0.717, 1.165) is 19.3 Å². The molecule has 1 atom stereocenters. The van der Waals surface area contributed by atoms with Crippen LogP contribution in [0.15, 0.2) is 30.3 Å². The molecule has 3 N–H and O–H groups in total. The van der Waals surface area contributed by atoms with Gasteiger partial charge in [-0.15, -0.1) is 0 Å². The minimum Gasteiger partial charge on any atom is -0.354 e. The summed E-state index contributed by atoms with van der Waals surface area (Å²) in [5.74, 6) is -0.583. The van der Waals surface area contributed by atoms with Gasteiger partial charge in [-0.25, -0.2) is 4.79 Å². The molecule has 22 heavy (non-hydrogen) atoms. The van der Waals surface area contributed by atoms with Crippen LogP contribution in [-0.2, 0) is 16.0 Å². The van der Waals surface area contributed by atoms with Crippen molar-refractivity contribution in [3.63, 3.8) is 0 Å². The van der Waals surface area contributed by atoms with Crippen molar-refractivity contribution in [2.24, 2.45) is 0 Å². The van der Waals surface area contributed by atoms with Crippen LogP contribution in [-0.4, -0.2) is 30.4 Å². The van der Waals surface area contributed by atoms with E-state index in [1.165, 1.54) is 5.56 Å². The number of rotatable bonds is 6. The summed E-state index contributed by atoms with van der Waals surface area (Å²) in [7, 11) is 0. The number of carbonyl (C=O) groups excluding carboxylic acids is 3. The van der Waals surface area contributed by atoms with Crippen LogP contribution >= 0.6 is 0 Å². The molecule has 0 spiro atoms. The molecule has 6 nitrogen and oxygen atoms in total. The summed E-state index contributed by atoms with van der Waals surface area (Å²) in [5.41, 5.74) is 1.29. The van der Waals surface area contributed by atoms with Gasteiger partial charge in [0.2, 0.25) is 11.8 Å². The molecule has 6 heteroatoms. The van der Waals surface area contributed by atoms with Gasteiger partial charge in [-0.05, 0) is 31.2 Å². The van der Waals surface area contributed by atoms with E-state index in [-0.39, 0.29) is 18.2 Å². The highest BCUT2D eigenvalue weighted by atomic mass is 16.2. The summed E-state index contributed by atoms with van der Waals surface area (Å²) < 4.78 is 0. The third-order valence-electron chi connectivity index (χ3n) is 3.57. The molecule has 118 valence electrons. The number of hydrogen-bond acceptors (Lipinski definition) is 3. The molecule has 0 aromatic heterocycles. The topological polar surface area (TPSA) is 87.3 Å². The van der Waals surface area contributed by atoms with Gasteiger partial charge in [0.15, 0.2) is 0 Å². The van der Waals surface area contributed by atoms with E-state index in [9.17, 15) is 14.4 Å². The first-order chi connectivity index (χ1) is 10.6. The summed E-state index contributed by atoms with van der Waals surface area (Å²) in [6.07, 6.45) is 3.34. The van der Waals surface area contributed by atoms with E-state index in [0.29, 0.717) is 13.0 Å². The van der Waals surface area contributed by atoms with E-state index in [2.05, 4.69) is 28.1 Å². The second-order valence-electron chi connectivity index (χ2n) is 5.35. The number of benzene rings is 1. The van der Waals surface area contributed by atoms with Gasteiger partial charge in [0.25, 0.3) is 0 Å². The van der Waals surface area contributed by atoms with Gasteiger partial charge in [0.05, 0.1) is 0 Å². The molecule has 4 amide bonds. The summed E-state index contributed by atoms with van der Waals surface area (Å²) in [5, 5.41) is 7.45. The summed E-state index contributed by atoms with van der Waals surface area (Å²) in [4.78, 5) is 34.5. The minimum absolute atomic E-state index is 0.171. The molecule has 0 saturated carbocycles. The molecule has 0 aliphatic carbocycles. The minimum atomic E-state index is -0.638. The van der Waals surface area contributed by atoms with Gasteiger partial charge in [-0.3, -0.25) is 14.9 Å². The van der Waals surface area contributed by atoms with E-state index < -0.39 is 12.1 Å². The first kappa shape index (κ1) is 16.0. The Balaban J connectivity index is 1.65. The number of amides is 4. The lowest BCUT2D eigenvalue weighted by Gasteiger charge is -2.14. The van der Waals surface area contributed by atoms with E-state index in [4.69, 9.17) is 0 Å². The number of imide groups is 1. The number of carbonyl (C=O) groups is 3. The van der Waals surface area contributed by atoms with Crippen molar-refractivity contribution in [2.45, 2.75) is 38.1 Å². The van der Waals surface area contributed by atoms with Gasteiger partial charge in [-0.1, -0.05) is 30.3 Å². The Morgan fingerprint density at radius 1 is 1.18 bits per heavy atom. The van der Waals surface area contributed by atoms with Crippen molar-refractivity contribution in [2.75, 3.05) is 6.54 Å². The van der Waals surface area contributed by atoms with Crippen LogP contribution in [0.4, 0.5) is 4.79 Å². The Labute approximate surface area is 129 Å². The van der Waals surface area contributed by atoms with Gasteiger partial charge in [0.1, 0.15) is 6.04 Å². The van der Waals surface area contributed by atoms with Crippen LogP contribution in [0.25, 0.3) is 0 Å². The van der Waals surface area contributed by atoms with Crippen molar-refractivity contribution in [1.29, 1.82) is 0 Å². The Hall–Kier alpha value is -2.37. The molecule has 1 aliphatic heterocycles. The van der Waals surface area contributed by atoms with E-state index in [1.807, 2.05) is 18.2 Å². The lowest BCUT2D eigenvalue weighted by atomic mass is 10.1. The third-order valence-corrected chi connectivity index (χ3v) is 3.57. The van der Waals surface area contributed by atoms with Crippen LogP contribution in [0.5, 0.6) is 0 Å². The monoisotopic (exact) mass is 303 g/mol. The molecule has 0 unspecified atom stereocenters. The highest BCUT2D eigenvalue weighted by Crippen LogP contribution is 2.05. The fourth-order valence-electron chi connectivity index (χ4n) is 2.36. The number of unbranched alkanes of at least 4 members (excludes halogenated alkanes) is 1. The summed E-state index contributed by atoms with van der Waals surface area (Å²) in [6, 6.07) is 8.95. The molecule has 1 aromatic carbocycles. The van der Waals surface area contributed by atoms with Crippen LogP contribution < -0.4 is 16.0 Å². The standard InChI is InChI=1S/C16H21N3O3/c20-14-10-9-13(18-16(22)19-14)15(21)17-11-5-4-8-12-6-2-1-3-7-12/h1-3,6-7,13H,4-5,8-11H2,(H,17,21)(H2,18,19,20,22)/t13-/m1/s1. The summed E-state index contributed by atoms with van der Waals surface area (Å²) >= 11 is 0. The Kier molecular flexibility index (Phi) is 5.94. The van der Waals surface area contributed by atoms with Gasteiger partial charge >= 0.3 is 6.03 Å². The Morgan fingerprint density at radius 3 is 2.73 bits per heavy atom. The first-order valence-electron chi connectivity index (χ1n) is 7.57. The predicted molar refractivity (Wildman–Crippen MR) is 82.1 cm³/mol. The average molecular weight is 303 g/mol. The fourth-order valence-corrected chi connectivity index (χ4v) is 2.36. The molecule has 1 saturated heterocycles. The van der Waals surface area contributed by atoms with Crippen molar-refractivity contribution >= 4 is 17.8 Å². The maximum Gasteiger partial charge on any atom is 0.322 e. The maximum absolute atomic E-state index is 12.0. The SMILES string of the molecule is O=C1CC[C@H](C(=O)NCCCCc2ccccc2)NC(=O)N1. The normalized spacial score (nSPS) is 18.1. The predicted octanol–water partition coefficient (Wildman–Crippen LogP) is 1.11. The summed E-state index contributed by atoms with van der Waals surface area (Å²) in [6.45, 7) is 0.569. The second-order valence-corrected chi connectivity index (χ2v) is 5.35. The van der Waals surface area contributed by atoms with Crippen LogP contribution in [0.2, 0.25) is 0 Å². The molecule has 1 heterocycles. The molecule has 1 aromatic rings. The van der Waals surface area contributed by atoms with Gasteiger partial charge in [0, 0.05) is 13.0 Å². The third kappa shape index (κ3) is 5.20. The molecular weight excluding hydrogens is 282 g/mol. The fraction of sp³-hybridized carbons (Fsp3) is 0.438. The van der Waals surface area contributed by atoms with Crippen LogP contribution in [0, 0.1) is 0 Å². The molecular formula is C16H21N3O3. The molecule has 1 aliphatic rings. The average Bonchev–Trinajstić information content (AvgIpc) is 2.68. The zero-order valence-electron chi connectivity index (χ0n) is 12.4.